The lowest BCUT2D eigenvalue weighted by Crippen LogP contribution is -1.26. The quantitative estimate of drug-likeness (QED) is 0.395. The minimum absolute atomic E-state index is 0. The molecular formula is C3H8S. The van der Waals surface area contributed by atoms with Gasteiger partial charge in [0.05, 0.1) is 0 Å². The maximum atomic E-state index is 4.27. The van der Waals surface area contributed by atoms with Gasteiger partial charge in [-0.25, -0.2) is 0 Å². The van der Waals surface area contributed by atoms with Gasteiger partial charge in [0.1, 0.15) is 0 Å². The van der Waals surface area contributed by atoms with Crippen LogP contribution in [0.3, 0.4) is 0 Å². The van der Waals surface area contributed by atoms with Crippen molar-refractivity contribution in [2.45, 2.75) is 14.4 Å². The van der Waals surface area contributed by atoms with Gasteiger partial charge in [-0.1, -0.05) is 19.6 Å². The topological polar surface area (TPSA) is 0 Å². The molecule has 0 saturated carbocycles. The van der Waals surface area contributed by atoms with Crippen molar-refractivity contribution in [3.63, 3.8) is 0 Å². The molecular weight excluding hydrogens is 68.1 g/mol. The average Bonchev–Trinajstić information content (AvgIpc) is 0.918. The highest BCUT2D eigenvalue weighted by atomic mass is 32.1. The molecule has 0 fully saturated rings. The lowest BCUT2D eigenvalue weighted by molar-refractivity contribution is 2.14. The van der Waals surface area contributed by atoms with E-state index in [1.165, 1.54) is 0 Å². The van der Waals surface area contributed by atoms with Crippen LogP contribution < -0.4 is 0 Å². The van der Waals surface area contributed by atoms with E-state index >= 15 is 0 Å². The Morgan fingerprint density at radius 2 is 1.75 bits per heavy atom. The molecule has 1 heteroatoms. The minimum atomic E-state index is 0. The second-order valence-corrected chi connectivity index (χ2v) is 0.707. The third kappa shape index (κ3) is 307. The molecule has 0 rings (SSSR count). The van der Waals surface area contributed by atoms with Crippen LogP contribution in [0.4, 0.5) is 0 Å². The summed E-state index contributed by atoms with van der Waals surface area (Å²) in [6.45, 7) is 1.81. The molecule has 0 aromatic heterocycles. The summed E-state index contributed by atoms with van der Waals surface area (Å²) in [4.78, 5) is 0. The number of hydrogen-bond acceptors (Lipinski definition) is 1. The van der Waals surface area contributed by atoms with Crippen LogP contribution in [-0.2, 0) is 0 Å². The fourth-order valence-corrected chi connectivity index (χ4v) is 0. The van der Waals surface area contributed by atoms with Crippen LogP contribution in [0.1, 0.15) is 14.4 Å². The molecule has 0 amide bonds. The first-order valence-electron chi connectivity index (χ1n) is 0.813. The van der Waals surface area contributed by atoms with Crippen molar-refractivity contribution in [3.8, 4) is 0 Å². The molecule has 26 valence electrons. The molecule has 0 bridgehead atoms. The maximum Gasteiger partial charge on any atom is -0.0242 e. The third-order valence-corrected chi connectivity index (χ3v) is 0. The summed E-state index contributed by atoms with van der Waals surface area (Å²) < 4.78 is 0. The fraction of sp³-hybridized carbons (Fsp3) is 0.667. The molecule has 0 aliphatic heterocycles. The Balaban J connectivity index is 0. The van der Waals surface area contributed by atoms with E-state index < -0.39 is 0 Å². The lowest BCUT2D eigenvalue weighted by atomic mass is 11.0. The Morgan fingerprint density at radius 1 is 1.75 bits per heavy atom. The highest BCUT2D eigenvalue weighted by Gasteiger charge is 1.19. The third-order valence-electron chi connectivity index (χ3n) is 0. The highest BCUT2D eigenvalue weighted by Crippen LogP contribution is 1.32. The molecule has 0 aliphatic rings. The second-order valence-electron chi connectivity index (χ2n) is 0.236. The summed E-state index contributed by atoms with van der Waals surface area (Å²) in [5.74, 6) is 0. The highest BCUT2D eigenvalue weighted by molar-refractivity contribution is 7.78. The van der Waals surface area contributed by atoms with Crippen molar-refractivity contribution in [2.24, 2.45) is 0 Å². The molecule has 0 nitrogen and oxygen atoms in total. The van der Waals surface area contributed by atoms with E-state index in [1.807, 2.05) is 6.92 Å². The summed E-state index contributed by atoms with van der Waals surface area (Å²) in [5.41, 5.74) is 0. The van der Waals surface area contributed by atoms with E-state index in [1.54, 1.807) is 5.37 Å². The van der Waals surface area contributed by atoms with Crippen molar-refractivity contribution < 1.29 is 0 Å². The molecule has 0 aromatic carbocycles. The molecule has 0 N–H and O–H groups in total. The predicted molar refractivity (Wildman–Crippen MR) is 26.1 cm³/mol. The minimum Gasteiger partial charge on any atom is -0.0938 e. The van der Waals surface area contributed by atoms with E-state index in [4.69, 9.17) is 0 Å². The Labute approximate surface area is 32.8 Å². The van der Waals surface area contributed by atoms with Crippen LogP contribution >= 0.6 is 12.2 Å². The number of rotatable bonds is 0. The fourth-order valence-electron chi connectivity index (χ4n) is 0. The largest absolute Gasteiger partial charge is 0.0938 e. The molecule has 0 saturated heterocycles. The van der Waals surface area contributed by atoms with E-state index in [9.17, 15) is 0 Å². The van der Waals surface area contributed by atoms with Gasteiger partial charge in [-0.2, -0.15) is 0 Å². The zero-order valence-electron chi connectivity index (χ0n) is 1.99. The predicted octanol–water partition coefficient (Wildman–Crippen LogP) is 1.64. The average molecular weight is 76.2 g/mol. The normalized spacial score (nSPS) is 3.25. The van der Waals surface area contributed by atoms with Crippen molar-refractivity contribution in [1.29, 1.82) is 0 Å². The van der Waals surface area contributed by atoms with Crippen molar-refractivity contribution in [3.05, 3.63) is 0 Å². The first-order valence-corrected chi connectivity index (χ1v) is 1.28. The second kappa shape index (κ2) is 11.4. The molecule has 0 unspecified atom stereocenters. The SMILES string of the molecule is C.CC=S. The van der Waals surface area contributed by atoms with Crippen LogP contribution in [0.5, 0.6) is 0 Å². The molecule has 0 radical (unpaired) electrons. The van der Waals surface area contributed by atoms with E-state index in [2.05, 4.69) is 12.2 Å². The molecule has 0 heterocycles. The summed E-state index contributed by atoms with van der Waals surface area (Å²) in [6, 6.07) is 0. The van der Waals surface area contributed by atoms with Crippen LogP contribution in [0, 0.1) is 0 Å². The van der Waals surface area contributed by atoms with Crippen LogP contribution in [0.2, 0.25) is 0 Å². The molecule has 4 heavy (non-hydrogen) atoms. The first kappa shape index (κ1) is 8.94. The van der Waals surface area contributed by atoms with Crippen molar-refractivity contribution >= 4 is 17.6 Å². The lowest BCUT2D eigenvalue weighted by Gasteiger charge is -1.26. The van der Waals surface area contributed by atoms with Gasteiger partial charge in [0, 0.05) is 0 Å². The van der Waals surface area contributed by atoms with Crippen molar-refractivity contribution in [2.75, 3.05) is 0 Å². The van der Waals surface area contributed by atoms with Gasteiger partial charge in [-0.15, -0.1) is 0 Å². The number of hydrogen-bond donors (Lipinski definition) is 0. The monoisotopic (exact) mass is 76.0 g/mol. The summed E-state index contributed by atoms with van der Waals surface area (Å²) in [5, 5.41) is 1.58. The smallest absolute Gasteiger partial charge is 0.0242 e. The molecule has 0 aromatic rings. The van der Waals surface area contributed by atoms with E-state index in [-0.39, 0.29) is 7.43 Å². The van der Waals surface area contributed by atoms with Crippen LogP contribution in [0.25, 0.3) is 0 Å². The van der Waals surface area contributed by atoms with Gasteiger partial charge in [0.15, 0.2) is 0 Å². The standard InChI is InChI=1S/C2H4S.CH4/c1-2-3;/h2H,1H3;1H4. The maximum absolute atomic E-state index is 4.27. The molecule has 0 atom stereocenters. The zero-order chi connectivity index (χ0) is 2.71. The van der Waals surface area contributed by atoms with Gasteiger partial charge < -0.3 is 0 Å². The first-order chi connectivity index (χ1) is 1.41. The summed E-state index contributed by atoms with van der Waals surface area (Å²) in [7, 11) is 0. The van der Waals surface area contributed by atoms with E-state index in [0.29, 0.717) is 0 Å². The van der Waals surface area contributed by atoms with Gasteiger partial charge in [0.25, 0.3) is 0 Å². The Bertz CT molecular complexity index is 10.8. The Kier molecular flexibility index (Phi) is 25.4. The molecule has 0 aliphatic carbocycles. The Morgan fingerprint density at radius 3 is 1.75 bits per heavy atom. The summed E-state index contributed by atoms with van der Waals surface area (Å²) in [6.07, 6.45) is 0. The summed E-state index contributed by atoms with van der Waals surface area (Å²) >= 11 is 4.27. The van der Waals surface area contributed by atoms with Gasteiger partial charge in [-0.3, -0.25) is 0 Å². The van der Waals surface area contributed by atoms with Crippen LogP contribution in [0.15, 0.2) is 0 Å². The molecule has 0 spiro atoms. The number of thiocarbonyl (C=S) groups is 1. The van der Waals surface area contributed by atoms with Crippen LogP contribution in [-0.4, -0.2) is 5.37 Å². The zero-order valence-corrected chi connectivity index (χ0v) is 2.80. The van der Waals surface area contributed by atoms with Gasteiger partial charge >= 0.3 is 0 Å². The van der Waals surface area contributed by atoms with Crippen molar-refractivity contribution in [1.82, 2.24) is 0 Å². The van der Waals surface area contributed by atoms with Gasteiger partial charge in [0.2, 0.25) is 0 Å². The van der Waals surface area contributed by atoms with E-state index in [0.717, 1.165) is 0 Å². The van der Waals surface area contributed by atoms with Gasteiger partial charge in [-0.05, 0) is 12.3 Å². The Hall–Kier alpha value is 0.0900.